The van der Waals surface area contributed by atoms with E-state index in [1.165, 1.54) is 6.07 Å². The van der Waals surface area contributed by atoms with E-state index in [4.69, 9.17) is 4.74 Å². The highest BCUT2D eigenvalue weighted by Gasteiger charge is 2.44. The van der Waals surface area contributed by atoms with Gasteiger partial charge in [0.05, 0.1) is 11.6 Å². The molecule has 0 saturated carbocycles. The topological polar surface area (TPSA) is 41.6 Å². The molecule has 5 heteroatoms. The van der Waals surface area contributed by atoms with E-state index in [2.05, 4.69) is 10.2 Å². The minimum absolute atomic E-state index is 0.0321. The van der Waals surface area contributed by atoms with Gasteiger partial charge in [-0.25, -0.2) is 4.39 Å². The van der Waals surface area contributed by atoms with Gasteiger partial charge in [-0.05, 0) is 37.5 Å². The van der Waals surface area contributed by atoms with Crippen LogP contribution in [-0.2, 0) is 16.1 Å². The molecule has 1 aromatic carbocycles. The van der Waals surface area contributed by atoms with Crippen molar-refractivity contribution in [1.29, 1.82) is 0 Å². The van der Waals surface area contributed by atoms with Gasteiger partial charge < -0.3 is 10.1 Å². The van der Waals surface area contributed by atoms with E-state index < -0.39 is 0 Å². The normalized spacial score (nSPS) is 25.8. The Labute approximate surface area is 124 Å². The SMILES string of the molecule is C[C@H]1NC(=O)COC12CCN(Cc1cccc(F)c1)CC2. The van der Waals surface area contributed by atoms with E-state index in [-0.39, 0.29) is 30.0 Å². The van der Waals surface area contributed by atoms with Crippen molar-refractivity contribution in [3.63, 3.8) is 0 Å². The number of hydrogen-bond donors (Lipinski definition) is 1. The standard InChI is InChI=1S/C16H21FN2O2/c1-12-16(21-11-15(20)18-12)5-7-19(8-6-16)10-13-3-2-4-14(17)9-13/h2-4,9,12H,5-8,10-11H2,1H3,(H,18,20)/t12-/m1/s1. The zero-order valence-corrected chi connectivity index (χ0v) is 12.3. The van der Waals surface area contributed by atoms with E-state index in [9.17, 15) is 9.18 Å². The Morgan fingerprint density at radius 2 is 2.19 bits per heavy atom. The van der Waals surface area contributed by atoms with Gasteiger partial charge >= 0.3 is 0 Å². The fourth-order valence-electron chi connectivity index (χ4n) is 3.31. The highest BCUT2D eigenvalue weighted by Crippen LogP contribution is 2.32. The van der Waals surface area contributed by atoms with Crippen LogP contribution in [0.5, 0.6) is 0 Å². The highest BCUT2D eigenvalue weighted by atomic mass is 19.1. The Morgan fingerprint density at radius 1 is 1.43 bits per heavy atom. The third-order valence-corrected chi connectivity index (χ3v) is 4.65. The van der Waals surface area contributed by atoms with Gasteiger partial charge in [0.1, 0.15) is 12.4 Å². The average molecular weight is 292 g/mol. The number of hydrogen-bond acceptors (Lipinski definition) is 3. The number of carbonyl (C=O) groups excluding carboxylic acids is 1. The van der Waals surface area contributed by atoms with Crippen LogP contribution in [0.3, 0.4) is 0 Å². The predicted molar refractivity (Wildman–Crippen MR) is 77.2 cm³/mol. The minimum atomic E-state index is -0.230. The van der Waals surface area contributed by atoms with Crippen LogP contribution >= 0.6 is 0 Å². The fraction of sp³-hybridized carbons (Fsp3) is 0.562. The number of morpholine rings is 1. The van der Waals surface area contributed by atoms with Gasteiger partial charge in [0, 0.05) is 19.6 Å². The molecule has 0 radical (unpaired) electrons. The van der Waals surface area contributed by atoms with Crippen LogP contribution in [0.15, 0.2) is 24.3 Å². The summed E-state index contributed by atoms with van der Waals surface area (Å²) in [5.74, 6) is -0.219. The van der Waals surface area contributed by atoms with Crippen LogP contribution in [-0.4, -0.2) is 42.1 Å². The molecule has 0 unspecified atom stereocenters. The van der Waals surface area contributed by atoms with Crippen molar-refractivity contribution in [2.75, 3.05) is 19.7 Å². The number of rotatable bonds is 2. The quantitative estimate of drug-likeness (QED) is 0.902. The Morgan fingerprint density at radius 3 is 2.86 bits per heavy atom. The number of nitrogens with one attached hydrogen (secondary N) is 1. The molecule has 114 valence electrons. The molecule has 1 N–H and O–H groups in total. The second kappa shape index (κ2) is 5.73. The van der Waals surface area contributed by atoms with Crippen LogP contribution in [0.25, 0.3) is 0 Å². The number of ether oxygens (including phenoxy) is 1. The summed E-state index contributed by atoms with van der Waals surface area (Å²) in [6.45, 7) is 4.73. The van der Waals surface area contributed by atoms with Gasteiger partial charge in [-0.2, -0.15) is 0 Å². The molecule has 1 aromatic rings. The molecule has 3 rings (SSSR count). The average Bonchev–Trinajstić information content (AvgIpc) is 2.46. The molecular formula is C16H21FN2O2. The minimum Gasteiger partial charge on any atom is -0.363 e. The fourth-order valence-corrected chi connectivity index (χ4v) is 3.31. The van der Waals surface area contributed by atoms with Crippen LogP contribution in [0.4, 0.5) is 4.39 Å². The summed E-state index contributed by atoms with van der Waals surface area (Å²) < 4.78 is 19.1. The molecule has 0 aliphatic carbocycles. The summed E-state index contributed by atoms with van der Waals surface area (Å²) in [7, 11) is 0. The number of likely N-dealkylation sites (tertiary alicyclic amines) is 1. The van der Waals surface area contributed by atoms with Crippen molar-refractivity contribution in [3.8, 4) is 0 Å². The molecule has 2 aliphatic rings. The maximum absolute atomic E-state index is 13.2. The van der Waals surface area contributed by atoms with Gasteiger partial charge in [-0.15, -0.1) is 0 Å². The third-order valence-electron chi connectivity index (χ3n) is 4.65. The molecule has 1 amide bonds. The monoisotopic (exact) mass is 292 g/mol. The summed E-state index contributed by atoms with van der Waals surface area (Å²) in [4.78, 5) is 13.7. The first kappa shape index (κ1) is 14.5. The molecule has 2 saturated heterocycles. The number of halogens is 1. The van der Waals surface area contributed by atoms with E-state index in [0.717, 1.165) is 38.0 Å². The van der Waals surface area contributed by atoms with Crippen LogP contribution in [0.2, 0.25) is 0 Å². The van der Waals surface area contributed by atoms with Gasteiger partial charge in [0.15, 0.2) is 0 Å². The van der Waals surface area contributed by atoms with Crippen LogP contribution < -0.4 is 5.32 Å². The zero-order chi connectivity index (χ0) is 14.9. The number of piperidine rings is 1. The first-order valence-electron chi connectivity index (χ1n) is 7.47. The number of carbonyl (C=O) groups is 1. The van der Waals surface area contributed by atoms with Crippen molar-refractivity contribution in [2.45, 2.75) is 38.0 Å². The molecular weight excluding hydrogens is 271 g/mol. The first-order chi connectivity index (χ1) is 10.1. The van der Waals surface area contributed by atoms with Gasteiger partial charge in [-0.3, -0.25) is 9.69 Å². The molecule has 21 heavy (non-hydrogen) atoms. The number of benzene rings is 1. The maximum Gasteiger partial charge on any atom is 0.246 e. The van der Waals surface area contributed by atoms with Gasteiger partial charge in [0.25, 0.3) is 0 Å². The molecule has 1 spiro atoms. The molecule has 2 heterocycles. The lowest BCUT2D eigenvalue weighted by molar-refractivity contribution is -0.159. The summed E-state index contributed by atoms with van der Waals surface area (Å²) in [5.41, 5.74) is 0.767. The Hall–Kier alpha value is -1.46. The number of nitrogens with zero attached hydrogens (tertiary/aromatic N) is 1. The van der Waals surface area contributed by atoms with E-state index >= 15 is 0 Å². The zero-order valence-electron chi connectivity index (χ0n) is 12.3. The highest BCUT2D eigenvalue weighted by molar-refractivity contribution is 5.78. The summed E-state index contributed by atoms with van der Waals surface area (Å²) in [6, 6.07) is 6.81. The Bertz CT molecular complexity index is 527. The van der Waals surface area contributed by atoms with E-state index in [1.54, 1.807) is 12.1 Å². The van der Waals surface area contributed by atoms with Crippen molar-refractivity contribution in [3.05, 3.63) is 35.6 Å². The largest absolute Gasteiger partial charge is 0.363 e. The Balaban J connectivity index is 1.59. The van der Waals surface area contributed by atoms with Crippen molar-refractivity contribution < 1.29 is 13.9 Å². The van der Waals surface area contributed by atoms with Crippen molar-refractivity contribution in [2.24, 2.45) is 0 Å². The van der Waals surface area contributed by atoms with Gasteiger partial charge in [-0.1, -0.05) is 12.1 Å². The third kappa shape index (κ3) is 3.09. The summed E-state index contributed by atoms with van der Waals surface area (Å²) >= 11 is 0. The lowest BCUT2D eigenvalue weighted by Crippen LogP contribution is -2.62. The lowest BCUT2D eigenvalue weighted by Gasteiger charge is -2.47. The van der Waals surface area contributed by atoms with Crippen LogP contribution in [0.1, 0.15) is 25.3 Å². The summed E-state index contributed by atoms with van der Waals surface area (Å²) in [6.07, 6.45) is 1.79. The molecule has 4 nitrogen and oxygen atoms in total. The first-order valence-corrected chi connectivity index (χ1v) is 7.47. The molecule has 0 bridgehead atoms. The van der Waals surface area contributed by atoms with E-state index in [0.29, 0.717) is 0 Å². The predicted octanol–water partition coefficient (Wildman–Crippen LogP) is 1.70. The van der Waals surface area contributed by atoms with Crippen molar-refractivity contribution >= 4 is 5.91 Å². The van der Waals surface area contributed by atoms with Gasteiger partial charge in [0.2, 0.25) is 5.91 Å². The molecule has 2 aliphatic heterocycles. The molecule has 0 aromatic heterocycles. The Kier molecular flexibility index (Phi) is 3.95. The van der Waals surface area contributed by atoms with Crippen LogP contribution in [0, 0.1) is 5.82 Å². The molecule has 2 fully saturated rings. The second-order valence-corrected chi connectivity index (χ2v) is 6.05. The van der Waals surface area contributed by atoms with E-state index in [1.807, 2.05) is 13.0 Å². The summed E-state index contributed by atoms with van der Waals surface area (Å²) in [5, 5.41) is 2.98. The number of amides is 1. The maximum atomic E-state index is 13.2. The smallest absolute Gasteiger partial charge is 0.246 e. The van der Waals surface area contributed by atoms with Crippen molar-refractivity contribution in [1.82, 2.24) is 10.2 Å². The second-order valence-electron chi connectivity index (χ2n) is 6.05. The lowest BCUT2D eigenvalue weighted by atomic mass is 9.83. The molecule has 1 atom stereocenters.